The predicted molar refractivity (Wildman–Crippen MR) is 51.4 cm³/mol. The fraction of sp³-hybridized carbons (Fsp3) is 0.222. The molecule has 0 aliphatic carbocycles. The Balaban J connectivity index is 2.66. The molecule has 0 amide bonds. The Bertz CT molecular complexity index is 444. The van der Waals surface area contributed by atoms with Gasteiger partial charge in [-0.25, -0.2) is 9.97 Å². The zero-order valence-electron chi connectivity index (χ0n) is 7.98. The van der Waals surface area contributed by atoms with Gasteiger partial charge in [-0.05, 0) is 13.8 Å². The molecule has 2 heterocycles. The number of nitrogens with two attached hydrogens (primary N) is 1. The normalized spacial score (nSPS) is 10.4. The van der Waals surface area contributed by atoms with Crippen LogP contribution in [0, 0.1) is 13.8 Å². The van der Waals surface area contributed by atoms with Crippen LogP contribution < -0.4 is 5.73 Å². The van der Waals surface area contributed by atoms with Gasteiger partial charge < -0.3 is 10.3 Å². The Labute approximate surface area is 81.0 Å². The molecule has 0 radical (unpaired) electrons. The van der Waals surface area contributed by atoms with Gasteiger partial charge >= 0.3 is 0 Å². The van der Waals surface area contributed by atoms with E-state index in [1.807, 2.05) is 13.8 Å². The van der Waals surface area contributed by atoms with Crippen molar-refractivity contribution in [3.05, 3.63) is 24.0 Å². The first kappa shape index (κ1) is 8.68. The third-order valence-corrected chi connectivity index (χ3v) is 2.01. The van der Waals surface area contributed by atoms with Gasteiger partial charge in [-0.3, -0.25) is 0 Å². The molecule has 0 atom stereocenters. The second-order valence-corrected chi connectivity index (χ2v) is 3.03. The van der Waals surface area contributed by atoms with Gasteiger partial charge in [0.15, 0.2) is 0 Å². The van der Waals surface area contributed by atoms with E-state index in [0.717, 1.165) is 11.3 Å². The number of anilines is 1. The van der Waals surface area contributed by atoms with E-state index in [1.165, 1.54) is 6.33 Å². The first-order valence-electron chi connectivity index (χ1n) is 4.19. The van der Waals surface area contributed by atoms with Crippen LogP contribution in [-0.2, 0) is 0 Å². The minimum Gasteiger partial charge on any atom is -0.396 e. The number of hydrogen-bond acceptors (Lipinski definition) is 5. The molecule has 72 valence electrons. The first-order chi connectivity index (χ1) is 6.70. The summed E-state index contributed by atoms with van der Waals surface area (Å²) in [6.45, 7) is 3.68. The van der Waals surface area contributed by atoms with Crippen LogP contribution in [0.3, 0.4) is 0 Å². The molecule has 0 unspecified atom stereocenters. The molecule has 2 aromatic heterocycles. The van der Waals surface area contributed by atoms with E-state index >= 15 is 0 Å². The maximum absolute atomic E-state index is 5.76. The lowest BCUT2D eigenvalue weighted by Crippen LogP contribution is -1.95. The van der Waals surface area contributed by atoms with Gasteiger partial charge in [0.1, 0.15) is 17.8 Å². The van der Waals surface area contributed by atoms with Crippen LogP contribution in [0.4, 0.5) is 5.69 Å². The van der Waals surface area contributed by atoms with Crippen molar-refractivity contribution in [2.75, 3.05) is 5.73 Å². The summed E-state index contributed by atoms with van der Waals surface area (Å²) >= 11 is 0. The van der Waals surface area contributed by atoms with E-state index in [1.54, 1.807) is 6.20 Å². The molecule has 5 nitrogen and oxygen atoms in total. The lowest BCUT2D eigenvalue weighted by molar-refractivity contribution is 0.393. The third kappa shape index (κ3) is 1.22. The van der Waals surface area contributed by atoms with E-state index in [9.17, 15) is 0 Å². The van der Waals surface area contributed by atoms with E-state index in [-0.39, 0.29) is 0 Å². The summed E-state index contributed by atoms with van der Waals surface area (Å²) in [5, 5.41) is 3.84. The summed E-state index contributed by atoms with van der Waals surface area (Å²) < 4.78 is 5.04. The van der Waals surface area contributed by atoms with Crippen LogP contribution in [0.15, 0.2) is 17.0 Å². The van der Waals surface area contributed by atoms with Gasteiger partial charge in [0.25, 0.3) is 0 Å². The second kappa shape index (κ2) is 3.10. The van der Waals surface area contributed by atoms with E-state index < -0.39 is 0 Å². The Morgan fingerprint density at radius 3 is 2.71 bits per heavy atom. The summed E-state index contributed by atoms with van der Waals surface area (Å²) in [7, 11) is 0. The minimum atomic E-state index is 0.530. The number of rotatable bonds is 1. The zero-order valence-corrected chi connectivity index (χ0v) is 7.98. The van der Waals surface area contributed by atoms with Crippen molar-refractivity contribution in [3.8, 4) is 11.3 Å². The molecule has 0 saturated heterocycles. The van der Waals surface area contributed by atoms with Gasteiger partial charge in [-0.15, -0.1) is 0 Å². The summed E-state index contributed by atoms with van der Waals surface area (Å²) in [6.07, 6.45) is 3.02. The molecule has 2 rings (SSSR count). The Morgan fingerprint density at radius 1 is 1.36 bits per heavy atom. The number of nitrogens with zero attached hydrogens (tertiary/aromatic N) is 3. The van der Waals surface area contributed by atoms with Gasteiger partial charge in [0.2, 0.25) is 0 Å². The average Bonchev–Trinajstić information content (AvgIpc) is 2.48. The molecule has 2 N–H and O–H groups in total. The molecule has 0 aliphatic rings. The summed E-state index contributed by atoms with van der Waals surface area (Å²) in [6, 6.07) is 0. The minimum absolute atomic E-state index is 0.530. The van der Waals surface area contributed by atoms with Gasteiger partial charge in [0.05, 0.1) is 23.1 Å². The van der Waals surface area contributed by atoms with Crippen LogP contribution in [0.2, 0.25) is 0 Å². The van der Waals surface area contributed by atoms with Crippen molar-refractivity contribution in [2.24, 2.45) is 0 Å². The van der Waals surface area contributed by atoms with E-state index in [0.29, 0.717) is 17.1 Å². The highest BCUT2D eigenvalue weighted by atomic mass is 16.5. The maximum atomic E-state index is 5.76. The van der Waals surface area contributed by atoms with Gasteiger partial charge in [-0.1, -0.05) is 5.16 Å². The average molecular weight is 190 g/mol. The molecule has 0 aliphatic heterocycles. The fourth-order valence-corrected chi connectivity index (χ4v) is 1.37. The first-order valence-corrected chi connectivity index (χ1v) is 4.19. The molecule has 5 heteroatoms. The summed E-state index contributed by atoms with van der Waals surface area (Å²) in [5.74, 6) is 0.716. The molecule has 0 spiro atoms. The quantitative estimate of drug-likeness (QED) is 0.733. The molecule has 2 aromatic rings. The molecular weight excluding hydrogens is 180 g/mol. The van der Waals surface area contributed by atoms with Crippen LogP contribution in [0.5, 0.6) is 0 Å². The van der Waals surface area contributed by atoms with Gasteiger partial charge in [-0.2, -0.15) is 0 Å². The van der Waals surface area contributed by atoms with Crippen LogP contribution in [0.25, 0.3) is 11.3 Å². The van der Waals surface area contributed by atoms with Gasteiger partial charge in [0, 0.05) is 0 Å². The Hall–Kier alpha value is -1.91. The Morgan fingerprint density at radius 2 is 2.14 bits per heavy atom. The molecular formula is C9H10N4O. The standard InChI is InChI=1S/C9H10N4O/c1-5-8(6(2)14-13-5)9-7(10)3-11-4-12-9/h3-4H,10H2,1-2H3. The highest BCUT2D eigenvalue weighted by Crippen LogP contribution is 2.28. The predicted octanol–water partition coefficient (Wildman–Crippen LogP) is 1.33. The highest BCUT2D eigenvalue weighted by molar-refractivity contribution is 5.74. The largest absolute Gasteiger partial charge is 0.396 e. The maximum Gasteiger partial charge on any atom is 0.143 e. The molecule has 0 saturated carbocycles. The lowest BCUT2D eigenvalue weighted by atomic mass is 10.1. The number of hydrogen-bond donors (Lipinski definition) is 1. The summed E-state index contributed by atoms with van der Waals surface area (Å²) in [5.41, 5.74) is 8.60. The molecule has 0 bridgehead atoms. The van der Waals surface area contributed by atoms with Crippen LogP contribution >= 0.6 is 0 Å². The van der Waals surface area contributed by atoms with Crippen molar-refractivity contribution in [3.63, 3.8) is 0 Å². The topological polar surface area (TPSA) is 77.8 Å². The van der Waals surface area contributed by atoms with Crippen molar-refractivity contribution in [2.45, 2.75) is 13.8 Å². The van der Waals surface area contributed by atoms with Crippen molar-refractivity contribution in [1.29, 1.82) is 0 Å². The van der Waals surface area contributed by atoms with Crippen molar-refractivity contribution < 1.29 is 4.52 Å². The second-order valence-electron chi connectivity index (χ2n) is 3.03. The van der Waals surface area contributed by atoms with Crippen LogP contribution in [-0.4, -0.2) is 15.1 Å². The van der Waals surface area contributed by atoms with E-state index in [2.05, 4.69) is 15.1 Å². The third-order valence-electron chi connectivity index (χ3n) is 2.01. The lowest BCUT2D eigenvalue weighted by Gasteiger charge is -2.01. The number of aryl methyl sites for hydroxylation is 2. The van der Waals surface area contributed by atoms with Crippen molar-refractivity contribution >= 4 is 5.69 Å². The smallest absolute Gasteiger partial charge is 0.143 e. The zero-order chi connectivity index (χ0) is 10.1. The number of aromatic nitrogens is 3. The SMILES string of the molecule is Cc1noc(C)c1-c1ncncc1N. The Kier molecular flexibility index (Phi) is 1.92. The molecule has 0 fully saturated rings. The number of nitrogen functional groups attached to an aromatic ring is 1. The van der Waals surface area contributed by atoms with Crippen molar-refractivity contribution in [1.82, 2.24) is 15.1 Å². The van der Waals surface area contributed by atoms with Crippen LogP contribution in [0.1, 0.15) is 11.5 Å². The molecule has 14 heavy (non-hydrogen) atoms. The summed E-state index contributed by atoms with van der Waals surface area (Å²) in [4.78, 5) is 7.93. The van der Waals surface area contributed by atoms with E-state index in [4.69, 9.17) is 10.3 Å². The fourth-order valence-electron chi connectivity index (χ4n) is 1.37. The highest BCUT2D eigenvalue weighted by Gasteiger charge is 2.14. The monoisotopic (exact) mass is 190 g/mol. The molecule has 0 aromatic carbocycles.